The van der Waals surface area contributed by atoms with E-state index in [1.807, 2.05) is 42.5 Å². The van der Waals surface area contributed by atoms with E-state index in [0.29, 0.717) is 0 Å². The summed E-state index contributed by atoms with van der Waals surface area (Å²) in [5, 5.41) is 14.7. The molecule has 4 rings (SSSR count). The van der Waals surface area contributed by atoms with Crippen LogP contribution in [0.3, 0.4) is 0 Å². The van der Waals surface area contributed by atoms with Gasteiger partial charge in [0.25, 0.3) is 11.9 Å². The molecule has 178 valence electrons. The molecule has 11 heteroatoms. The van der Waals surface area contributed by atoms with Crippen molar-refractivity contribution in [2.75, 3.05) is 30.3 Å². The molecular weight excluding hydrogens is 458 g/mol. The van der Waals surface area contributed by atoms with Gasteiger partial charge in [-0.3, -0.25) is 9.59 Å². The number of carboxylic acid groups (broad SMARTS) is 1. The van der Waals surface area contributed by atoms with Gasteiger partial charge in [0.05, 0.1) is 16.8 Å². The van der Waals surface area contributed by atoms with Gasteiger partial charge < -0.3 is 20.5 Å². The van der Waals surface area contributed by atoms with Crippen LogP contribution >= 0.6 is 11.3 Å². The quantitative estimate of drug-likeness (QED) is 0.482. The molecule has 0 unspecified atom stereocenters. The smallest absolute Gasteiger partial charge is 0.423 e. The van der Waals surface area contributed by atoms with Crippen molar-refractivity contribution in [2.45, 2.75) is 20.3 Å². The number of aromatic nitrogens is 1. The van der Waals surface area contributed by atoms with Gasteiger partial charge in [-0.25, -0.2) is 14.8 Å². The van der Waals surface area contributed by atoms with Gasteiger partial charge in [-0.15, -0.1) is 0 Å². The van der Waals surface area contributed by atoms with Gasteiger partial charge in [-0.05, 0) is 43.2 Å². The number of aliphatic imine (C=N–C) groups is 1. The Kier molecular flexibility index (Phi) is 8.52. The Morgan fingerprint density at radius 2 is 1.88 bits per heavy atom. The fourth-order valence-electron chi connectivity index (χ4n) is 3.02. The molecule has 0 spiro atoms. The fourth-order valence-corrected chi connectivity index (χ4v) is 3.91. The van der Waals surface area contributed by atoms with E-state index in [1.165, 1.54) is 4.70 Å². The zero-order chi connectivity index (χ0) is 24.5. The van der Waals surface area contributed by atoms with E-state index in [4.69, 9.17) is 14.6 Å². The average Bonchev–Trinajstić information content (AvgIpc) is 3.37. The Balaban J connectivity index is 0.000000751. The summed E-state index contributed by atoms with van der Waals surface area (Å²) >= 11 is 1.64. The third kappa shape index (κ3) is 6.75. The molecule has 0 aliphatic carbocycles. The Morgan fingerprint density at radius 1 is 1.18 bits per heavy atom. The first-order chi connectivity index (χ1) is 16.4. The number of aliphatic carboxylic acids is 1. The predicted molar refractivity (Wildman–Crippen MR) is 131 cm³/mol. The van der Waals surface area contributed by atoms with E-state index in [1.54, 1.807) is 18.3 Å². The predicted octanol–water partition coefficient (Wildman–Crippen LogP) is 3.81. The highest BCUT2D eigenvalue weighted by Crippen LogP contribution is 2.25. The standard InChI is InChI=1S/C21H21N5O3S.C2H4O2/c1-2-29-21(28)26-18(27)13-23-19(26)24-15-9-7-14(8-10-15)11-12-22-20-25-16-5-3-4-6-17(16)30-20;1-2(3)4/h3-10H,2,11-13H2,1H3,(H,22,25)(H,23,24);1H3,(H,3,4). The number of fused-ring (bicyclic) bond motifs is 1. The number of ether oxygens (including phenoxy) is 1. The minimum absolute atomic E-state index is 0.0728. The van der Waals surface area contributed by atoms with Gasteiger partial charge >= 0.3 is 6.09 Å². The molecule has 0 bridgehead atoms. The van der Waals surface area contributed by atoms with Gasteiger partial charge in [-0.2, -0.15) is 4.90 Å². The second-order valence-corrected chi connectivity index (χ2v) is 8.10. The zero-order valence-electron chi connectivity index (χ0n) is 18.8. The number of nitrogens with one attached hydrogen (secondary N) is 2. The number of guanidine groups is 1. The summed E-state index contributed by atoms with van der Waals surface area (Å²) < 4.78 is 6.08. The van der Waals surface area contributed by atoms with Crippen molar-refractivity contribution in [3.63, 3.8) is 0 Å². The molecule has 10 nitrogen and oxygen atoms in total. The number of benzene rings is 2. The van der Waals surface area contributed by atoms with Crippen molar-refractivity contribution in [1.82, 2.24) is 9.88 Å². The minimum Gasteiger partial charge on any atom is -0.481 e. The maximum Gasteiger partial charge on any atom is 0.423 e. The molecular formula is C23H25N5O5S. The Morgan fingerprint density at radius 3 is 2.56 bits per heavy atom. The molecule has 3 N–H and O–H groups in total. The first kappa shape index (κ1) is 24.6. The maximum atomic E-state index is 12.0. The SMILES string of the molecule is CC(=O)O.CCOC(=O)N1C(=O)CN=C1Nc1ccc(CCNc2nc3ccccc3s2)cc1. The Labute approximate surface area is 200 Å². The van der Waals surface area contributed by atoms with Gasteiger partial charge in [0.2, 0.25) is 5.96 Å². The Hall–Kier alpha value is -3.99. The molecule has 0 radical (unpaired) electrons. The highest BCUT2D eigenvalue weighted by Gasteiger charge is 2.32. The molecule has 3 aromatic rings. The van der Waals surface area contributed by atoms with Crippen LogP contribution in [0.1, 0.15) is 19.4 Å². The number of rotatable bonds is 6. The average molecular weight is 484 g/mol. The van der Waals surface area contributed by atoms with Crippen LogP contribution in [0.25, 0.3) is 10.2 Å². The molecule has 1 aromatic heterocycles. The van der Waals surface area contributed by atoms with Crippen LogP contribution in [0.5, 0.6) is 0 Å². The maximum absolute atomic E-state index is 12.0. The lowest BCUT2D eigenvalue weighted by Crippen LogP contribution is -2.42. The number of thiazole rings is 1. The first-order valence-electron chi connectivity index (χ1n) is 10.6. The van der Waals surface area contributed by atoms with Gasteiger partial charge in [-0.1, -0.05) is 35.6 Å². The molecule has 1 aliphatic rings. The van der Waals surface area contributed by atoms with Crippen molar-refractivity contribution >= 4 is 56.3 Å². The second kappa shape index (κ2) is 11.8. The van der Waals surface area contributed by atoms with Gasteiger partial charge in [0.1, 0.15) is 6.54 Å². The fraction of sp³-hybridized carbons (Fsp3) is 0.261. The van der Waals surface area contributed by atoms with Crippen molar-refractivity contribution in [3.05, 3.63) is 54.1 Å². The molecule has 34 heavy (non-hydrogen) atoms. The van der Waals surface area contributed by atoms with E-state index in [0.717, 1.165) is 46.7 Å². The van der Waals surface area contributed by atoms with Crippen molar-refractivity contribution in [3.8, 4) is 0 Å². The monoisotopic (exact) mass is 483 g/mol. The molecule has 2 amide bonds. The Bertz CT molecular complexity index is 1150. The third-order valence-electron chi connectivity index (χ3n) is 4.47. The van der Waals surface area contributed by atoms with Crippen LogP contribution in [0.4, 0.5) is 15.6 Å². The number of carboxylic acids is 1. The summed E-state index contributed by atoms with van der Waals surface area (Å²) in [6.07, 6.45) is 0.119. The second-order valence-electron chi connectivity index (χ2n) is 7.07. The van der Waals surface area contributed by atoms with Crippen LogP contribution < -0.4 is 10.6 Å². The number of amides is 2. The number of hydrogen-bond donors (Lipinski definition) is 3. The zero-order valence-corrected chi connectivity index (χ0v) is 19.6. The lowest BCUT2D eigenvalue weighted by atomic mass is 10.1. The van der Waals surface area contributed by atoms with Gasteiger partial charge in [0.15, 0.2) is 5.13 Å². The number of hydrogen-bond acceptors (Lipinski definition) is 9. The highest BCUT2D eigenvalue weighted by atomic mass is 32.1. The highest BCUT2D eigenvalue weighted by molar-refractivity contribution is 7.22. The normalized spacial score (nSPS) is 12.6. The van der Waals surface area contributed by atoms with E-state index >= 15 is 0 Å². The van der Waals surface area contributed by atoms with Crippen molar-refractivity contribution in [1.29, 1.82) is 0 Å². The molecule has 0 atom stereocenters. The summed E-state index contributed by atoms with van der Waals surface area (Å²) in [4.78, 5) is 42.4. The van der Waals surface area contributed by atoms with Crippen LogP contribution in [0.15, 0.2) is 53.5 Å². The van der Waals surface area contributed by atoms with Crippen LogP contribution in [0, 0.1) is 0 Å². The summed E-state index contributed by atoms with van der Waals surface area (Å²) in [7, 11) is 0. The molecule has 1 aliphatic heterocycles. The number of anilines is 2. The van der Waals surface area contributed by atoms with Crippen LogP contribution in [-0.4, -0.2) is 58.6 Å². The number of nitrogens with zero attached hydrogens (tertiary/aromatic N) is 3. The van der Waals surface area contributed by atoms with E-state index < -0.39 is 18.0 Å². The van der Waals surface area contributed by atoms with Crippen molar-refractivity contribution in [2.24, 2.45) is 4.99 Å². The number of carbonyl (C=O) groups excluding carboxylic acids is 2. The number of para-hydroxylation sites is 1. The van der Waals surface area contributed by atoms with Crippen LogP contribution in [0.2, 0.25) is 0 Å². The molecule has 0 saturated carbocycles. The first-order valence-corrected chi connectivity index (χ1v) is 11.4. The third-order valence-corrected chi connectivity index (χ3v) is 5.46. The molecule has 0 saturated heterocycles. The lowest BCUT2D eigenvalue weighted by molar-refractivity contribution is -0.134. The van der Waals surface area contributed by atoms with E-state index in [2.05, 4.69) is 26.7 Å². The summed E-state index contributed by atoms with van der Waals surface area (Å²) in [6.45, 7) is 3.66. The van der Waals surface area contributed by atoms with Gasteiger partial charge in [0, 0.05) is 19.2 Å². The lowest BCUT2D eigenvalue weighted by Gasteiger charge is -2.17. The molecule has 2 aromatic carbocycles. The summed E-state index contributed by atoms with van der Waals surface area (Å²) in [5.41, 5.74) is 2.90. The minimum atomic E-state index is -0.833. The van der Waals surface area contributed by atoms with Crippen LogP contribution in [-0.2, 0) is 20.7 Å². The largest absolute Gasteiger partial charge is 0.481 e. The molecule has 2 heterocycles. The van der Waals surface area contributed by atoms with E-state index in [-0.39, 0.29) is 19.1 Å². The van der Waals surface area contributed by atoms with Crippen molar-refractivity contribution < 1.29 is 24.2 Å². The summed E-state index contributed by atoms with van der Waals surface area (Å²) in [5.74, 6) is -1.06. The number of imide groups is 1. The molecule has 0 fully saturated rings. The topological polar surface area (TPSA) is 133 Å². The summed E-state index contributed by atoms with van der Waals surface area (Å²) in [6, 6.07) is 15.8. The number of carbonyl (C=O) groups is 3. The van der Waals surface area contributed by atoms with E-state index in [9.17, 15) is 9.59 Å².